The molecule has 0 saturated carbocycles. The van der Waals surface area contributed by atoms with Crippen molar-refractivity contribution in [3.63, 3.8) is 0 Å². The molecule has 0 fully saturated rings. The van der Waals surface area contributed by atoms with Crippen molar-refractivity contribution in [3.8, 4) is 0 Å². The fourth-order valence-corrected chi connectivity index (χ4v) is 3.33. The number of carbonyl (C=O) groups is 2. The van der Waals surface area contributed by atoms with Gasteiger partial charge in [0.15, 0.2) is 6.04 Å². The van der Waals surface area contributed by atoms with E-state index in [1.807, 2.05) is 6.08 Å². The number of nitroso groups, excluding NO2 is 1. The molecule has 0 amide bonds. The Balaban J connectivity index is 3.74. The zero-order valence-corrected chi connectivity index (χ0v) is 20.1. The molecule has 32 heavy (non-hydrogen) atoms. The second kappa shape index (κ2) is 22.4. The Morgan fingerprint density at radius 3 is 2.00 bits per heavy atom. The Kier molecular flexibility index (Phi) is 21.2. The quantitative estimate of drug-likeness (QED) is 0.0875. The SMILES string of the molecule is C=CCCCCCCCC(=O)OCC(COC(=O)CCCC(O)CCCCCCC)N=O. The highest BCUT2D eigenvalue weighted by molar-refractivity contribution is 5.69. The van der Waals surface area contributed by atoms with E-state index in [1.54, 1.807) is 0 Å². The average molecular weight is 456 g/mol. The van der Waals surface area contributed by atoms with Crippen molar-refractivity contribution in [2.45, 2.75) is 122 Å². The molecule has 2 unspecified atom stereocenters. The first-order valence-electron chi connectivity index (χ1n) is 12.5. The maximum absolute atomic E-state index is 11.8. The molecule has 0 aliphatic rings. The van der Waals surface area contributed by atoms with Gasteiger partial charge in [0, 0.05) is 12.8 Å². The van der Waals surface area contributed by atoms with Gasteiger partial charge in [-0.05, 0) is 38.5 Å². The summed E-state index contributed by atoms with van der Waals surface area (Å²) in [4.78, 5) is 34.5. The molecule has 0 radical (unpaired) electrons. The fraction of sp³-hybridized carbons (Fsp3) is 0.840. The number of ether oxygens (including phenoxy) is 2. The highest BCUT2D eigenvalue weighted by atomic mass is 16.5. The molecule has 0 aliphatic carbocycles. The van der Waals surface area contributed by atoms with Crippen molar-refractivity contribution in [1.82, 2.24) is 0 Å². The number of rotatable bonds is 23. The Labute approximate surface area is 194 Å². The molecule has 186 valence electrons. The predicted octanol–water partition coefficient (Wildman–Crippen LogP) is 6.02. The lowest BCUT2D eigenvalue weighted by Crippen LogP contribution is -2.24. The molecule has 0 aliphatic heterocycles. The maximum atomic E-state index is 11.8. The van der Waals surface area contributed by atoms with E-state index >= 15 is 0 Å². The van der Waals surface area contributed by atoms with Gasteiger partial charge in [-0.15, -0.1) is 6.58 Å². The van der Waals surface area contributed by atoms with Gasteiger partial charge in [-0.1, -0.05) is 69.5 Å². The van der Waals surface area contributed by atoms with Crippen LogP contribution in [0.4, 0.5) is 0 Å². The van der Waals surface area contributed by atoms with E-state index in [4.69, 9.17) is 9.47 Å². The van der Waals surface area contributed by atoms with Crippen LogP contribution in [0.25, 0.3) is 0 Å². The van der Waals surface area contributed by atoms with Crippen LogP contribution in [0.2, 0.25) is 0 Å². The number of nitrogens with zero attached hydrogens (tertiary/aromatic N) is 1. The second-order valence-corrected chi connectivity index (χ2v) is 8.47. The monoisotopic (exact) mass is 455 g/mol. The summed E-state index contributed by atoms with van der Waals surface area (Å²) < 4.78 is 10.1. The first kappa shape index (κ1) is 30.2. The van der Waals surface area contributed by atoms with E-state index in [0.29, 0.717) is 19.3 Å². The van der Waals surface area contributed by atoms with Crippen LogP contribution in [0.15, 0.2) is 17.8 Å². The van der Waals surface area contributed by atoms with Crippen LogP contribution in [-0.4, -0.2) is 42.4 Å². The van der Waals surface area contributed by atoms with E-state index in [-0.39, 0.29) is 31.7 Å². The van der Waals surface area contributed by atoms with Gasteiger partial charge >= 0.3 is 11.9 Å². The molecule has 2 atom stereocenters. The van der Waals surface area contributed by atoms with Gasteiger partial charge < -0.3 is 14.6 Å². The Morgan fingerprint density at radius 2 is 1.38 bits per heavy atom. The summed E-state index contributed by atoms with van der Waals surface area (Å²) in [6.45, 7) is 5.49. The molecule has 7 heteroatoms. The van der Waals surface area contributed by atoms with E-state index in [2.05, 4.69) is 18.7 Å². The number of hydrogen-bond acceptors (Lipinski definition) is 7. The average Bonchev–Trinajstić information content (AvgIpc) is 2.78. The van der Waals surface area contributed by atoms with Crippen LogP contribution in [-0.2, 0) is 19.1 Å². The van der Waals surface area contributed by atoms with Gasteiger partial charge in [-0.3, -0.25) is 9.59 Å². The lowest BCUT2D eigenvalue weighted by atomic mass is 10.0. The number of aliphatic hydroxyl groups excluding tert-OH is 1. The van der Waals surface area contributed by atoms with Crippen LogP contribution in [0.5, 0.6) is 0 Å². The van der Waals surface area contributed by atoms with Crippen LogP contribution in [0, 0.1) is 4.91 Å². The largest absolute Gasteiger partial charge is 0.463 e. The molecular formula is C25H45NO6. The maximum Gasteiger partial charge on any atom is 0.305 e. The van der Waals surface area contributed by atoms with Crippen molar-refractivity contribution in [2.75, 3.05) is 13.2 Å². The summed E-state index contributed by atoms with van der Waals surface area (Å²) in [7, 11) is 0. The Morgan fingerprint density at radius 1 is 0.844 bits per heavy atom. The van der Waals surface area contributed by atoms with Crippen LogP contribution < -0.4 is 0 Å². The third-order valence-electron chi connectivity index (χ3n) is 5.37. The first-order chi connectivity index (χ1) is 15.5. The van der Waals surface area contributed by atoms with E-state index in [9.17, 15) is 19.6 Å². The lowest BCUT2D eigenvalue weighted by Gasteiger charge is -2.12. The second-order valence-electron chi connectivity index (χ2n) is 8.47. The van der Waals surface area contributed by atoms with Crippen molar-refractivity contribution < 1.29 is 24.2 Å². The summed E-state index contributed by atoms with van der Waals surface area (Å²) >= 11 is 0. The summed E-state index contributed by atoms with van der Waals surface area (Å²) in [6, 6.07) is -0.893. The van der Waals surface area contributed by atoms with Gasteiger partial charge in [0.2, 0.25) is 0 Å². The molecule has 0 aromatic rings. The number of hydrogen-bond donors (Lipinski definition) is 1. The molecular weight excluding hydrogens is 410 g/mol. The van der Waals surface area contributed by atoms with Crippen LogP contribution >= 0.6 is 0 Å². The molecule has 0 heterocycles. The molecule has 1 N–H and O–H groups in total. The molecule has 0 aromatic heterocycles. The minimum Gasteiger partial charge on any atom is -0.463 e. The van der Waals surface area contributed by atoms with Crippen molar-refractivity contribution in [2.24, 2.45) is 5.18 Å². The van der Waals surface area contributed by atoms with Gasteiger partial charge in [-0.2, -0.15) is 4.91 Å². The lowest BCUT2D eigenvalue weighted by molar-refractivity contribution is -0.147. The Bertz CT molecular complexity index is 497. The number of unbranched alkanes of at least 4 members (excludes halogenated alkanes) is 9. The minimum atomic E-state index is -0.893. The van der Waals surface area contributed by atoms with Crippen molar-refractivity contribution in [3.05, 3.63) is 17.6 Å². The summed E-state index contributed by atoms with van der Waals surface area (Å²) in [5.74, 6) is -0.795. The van der Waals surface area contributed by atoms with Gasteiger partial charge in [-0.25, -0.2) is 0 Å². The highest BCUT2D eigenvalue weighted by Crippen LogP contribution is 2.12. The van der Waals surface area contributed by atoms with Gasteiger partial charge in [0.1, 0.15) is 13.2 Å². The normalized spacial score (nSPS) is 12.7. The minimum absolute atomic E-state index is 0.175. The summed E-state index contributed by atoms with van der Waals surface area (Å²) in [5.41, 5.74) is 0. The number of aliphatic hydroxyl groups is 1. The Hall–Kier alpha value is -1.76. The van der Waals surface area contributed by atoms with Crippen molar-refractivity contribution in [1.29, 1.82) is 0 Å². The zero-order valence-electron chi connectivity index (χ0n) is 20.1. The molecule has 7 nitrogen and oxygen atoms in total. The molecule has 0 aromatic carbocycles. The van der Waals surface area contributed by atoms with Gasteiger partial charge in [0.05, 0.1) is 6.10 Å². The summed E-state index contributed by atoms with van der Waals surface area (Å²) in [6.07, 6.45) is 15.7. The third-order valence-corrected chi connectivity index (χ3v) is 5.37. The van der Waals surface area contributed by atoms with Crippen LogP contribution in [0.1, 0.15) is 110 Å². The fourth-order valence-electron chi connectivity index (χ4n) is 3.33. The smallest absolute Gasteiger partial charge is 0.305 e. The topological polar surface area (TPSA) is 102 Å². The van der Waals surface area contributed by atoms with Gasteiger partial charge in [0.25, 0.3) is 0 Å². The number of esters is 2. The number of carbonyl (C=O) groups excluding carboxylic acids is 2. The highest BCUT2D eigenvalue weighted by Gasteiger charge is 2.15. The zero-order chi connectivity index (χ0) is 23.9. The predicted molar refractivity (Wildman–Crippen MR) is 127 cm³/mol. The first-order valence-corrected chi connectivity index (χ1v) is 12.5. The van der Waals surface area contributed by atoms with Crippen molar-refractivity contribution >= 4 is 11.9 Å². The summed E-state index contributed by atoms with van der Waals surface area (Å²) in [5, 5.41) is 12.8. The molecule has 0 saturated heterocycles. The standard InChI is InChI=1S/C25H45NO6/c1-3-5-7-9-10-12-14-18-24(28)31-20-22(26-30)21-32-25(29)19-15-17-23(27)16-13-11-8-6-4-2/h3,22-23,27H,1,4-21H2,2H3. The van der Waals surface area contributed by atoms with Crippen LogP contribution in [0.3, 0.4) is 0 Å². The molecule has 0 rings (SSSR count). The molecule has 0 spiro atoms. The van der Waals surface area contributed by atoms with E-state index < -0.39 is 12.0 Å². The van der Waals surface area contributed by atoms with E-state index in [0.717, 1.165) is 57.8 Å². The molecule has 0 bridgehead atoms. The van der Waals surface area contributed by atoms with E-state index in [1.165, 1.54) is 19.3 Å². The third kappa shape index (κ3) is 20.2. The number of allylic oxidation sites excluding steroid dienone is 1.